The number of amides is 1. The molecule has 0 radical (unpaired) electrons. The zero-order valence-corrected chi connectivity index (χ0v) is 18.5. The van der Waals surface area contributed by atoms with Crippen LogP contribution in [-0.2, 0) is 13.0 Å². The summed E-state index contributed by atoms with van der Waals surface area (Å²) >= 11 is 6.20. The molecule has 164 valence electrons. The standard InChI is InChI=1S/C23H22ClN5O3/c1-3-27(2)22-18-14-28(23(30)17-10-9-16(29(31)32)13-19(17)24)12-11-20(18)25-21(26-22)15-7-5-4-6-8-15/h4-10,13H,3,11-12,14H2,1-2H3. The average molecular weight is 452 g/mol. The molecule has 8 nitrogen and oxygen atoms in total. The van der Waals surface area contributed by atoms with Gasteiger partial charge in [0.1, 0.15) is 5.82 Å². The Morgan fingerprint density at radius 2 is 1.97 bits per heavy atom. The van der Waals surface area contributed by atoms with E-state index in [-0.39, 0.29) is 22.2 Å². The molecule has 3 aromatic rings. The summed E-state index contributed by atoms with van der Waals surface area (Å²) in [4.78, 5) is 36.9. The molecule has 0 spiro atoms. The van der Waals surface area contributed by atoms with Crippen molar-refractivity contribution < 1.29 is 9.72 Å². The summed E-state index contributed by atoms with van der Waals surface area (Å²) in [5, 5.41) is 11.0. The molecule has 0 saturated carbocycles. The number of non-ortho nitro benzene ring substituents is 1. The third-order valence-corrected chi connectivity index (χ3v) is 5.90. The number of anilines is 1. The number of carbonyl (C=O) groups excluding carboxylic acids is 1. The maximum atomic E-state index is 13.2. The minimum absolute atomic E-state index is 0.0663. The Morgan fingerprint density at radius 3 is 2.62 bits per heavy atom. The van der Waals surface area contributed by atoms with Crippen molar-refractivity contribution in [3.63, 3.8) is 0 Å². The number of nitro groups is 1. The van der Waals surface area contributed by atoms with Gasteiger partial charge in [-0.15, -0.1) is 0 Å². The number of nitro benzene ring substituents is 1. The number of rotatable bonds is 5. The van der Waals surface area contributed by atoms with Gasteiger partial charge in [0, 0.05) is 49.8 Å². The largest absolute Gasteiger partial charge is 0.360 e. The number of nitrogens with zero attached hydrogens (tertiary/aromatic N) is 5. The van der Waals surface area contributed by atoms with E-state index in [2.05, 4.69) is 0 Å². The highest BCUT2D eigenvalue weighted by molar-refractivity contribution is 6.34. The number of aromatic nitrogens is 2. The molecule has 2 heterocycles. The molecule has 0 unspecified atom stereocenters. The predicted molar refractivity (Wildman–Crippen MR) is 123 cm³/mol. The van der Waals surface area contributed by atoms with Crippen molar-refractivity contribution in [1.29, 1.82) is 0 Å². The van der Waals surface area contributed by atoms with Crippen LogP contribution in [0.15, 0.2) is 48.5 Å². The second-order valence-corrected chi connectivity index (χ2v) is 7.98. The van der Waals surface area contributed by atoms with Crippen LogP contribution >= 0.6 is 11.6 Å². The SMILES string of the molecule is CCN(C)c1nc(-c2ccccc2)nc2c1CN(C(=O)c1ccc([N+](=O)[O-])cc1Cl)CC2. The maximum Gasteiger partial charge on any atom is 0.270 e. The highest BCUT2D eigenvalue weighted by Crippen LogP contribution is 2.31. The Balaban J connectivity index is 1.68. The van der Waals surface area contributed by atoms with Crippen molar-refractivity contribution >= 4 is 29.0 Å². The van der Waals surface area contributed by atoms with Gasteiger partial charge >= 0.3 is 0 Å². The van der Waals surface area contributed by atoms with Crippen molar-refractivity contribution in [3.8, 4) is 11.4 Å². The minimum atomic E-state index is -0.536. The van der Waals surface area contributed by atoms with Crippen LogP contribution in [0.5, 0.6) is 0 Å². The number of fused-ring (bicyclic) bond motifs is 1. The van der Waals surface area contributed by atoms with Crippen LogP contribution in [0.2, 0.25) is 5.02 Å². The van der Waals surface area contributed by atoms with E-state index in [4.69, 9.17) is 21.6 Å². The first-order valence-electron chi connectivity index (χ1n) is 10.3. The van der Waals surface area contributed by atoms with E-state index in [0.29, 0.717) is 25.3 Å². The molecule has 0 N–H and O–H groups in total. The zero-order valence-electron chi connectivity index (χ0n) is 17.8. The zero-order chi connectivity index (χ0) is 22.8. The molecule has 32 heavy (non-hydrogen) atoms. The fourth-order valence-electron chi connectivity index (χ4n) is 3.71. The van der Waals surface area contributed by atoms with Crippen LogP contribution in [0.1, 0.15) is 28.5 Å². The van der Waals surface area contributed by atoms with Gasteiger partial charge in [-0.1, -0.05) is 41.9 Å². The second kappa shape index (κ2) is 8.92. The van der Waals surface area contributed by atoms with Gasteiger partial charge in [0.15, 0.2) is 5.82 Å². The predicted octanol–water partition coefficient (Wildman–Crippen LogP) is 4.36. The van der Waals surface area contributed by atoms with Crippen molar-refractivity contribution in [2.24, 2.45) is 0 Å². The summed E-state index contributed by atoms with van der Waals surface area (Å²) in [5.74, 6) is 1.19. The second-order valence-electron chi connectivity index (χ2n) is 7.57. The minimum Gasteiger partial charge on any atom is -0.360 e. The van der Waals surface area contributed by atoms with Crippen molar-refractivity contribution in [2.45, 2.75) is 19.9 Å². The number of benzene rings is 2. The topological polar surface area (TPSA) is 92.5 Å². The lowest BCUT2D eigenvalue weighted by Gasteiger charge is -2.32. The number of hydrogen-bond acceptors (Lipinski definition) is 6. The Morgan fingerprint density at radius 1 is 1.22 bits per heavy atom. The molecule has 1 amide bonds. The Kier molecular flexibility index (Phi) is 6.05. The first-order chi connectivity index (χ1) is 15.4. The molecular weight excluding hydrogens is 430 g/mol. The van der Waals surface area contributed by atoms with Crippen molar-refractivity contribution in [1.82, 2.24) is 14.9 Å². The van der Waals surface area contributed by atoms with Crippen LogP contribution in [0.25, 0.3) is 11.4 Å². The van der Waals surface area contributed by atoms with E-state index >= 15 is 0 Å². The summed E-state index contributed by atoms with van der Waals surface area (Å²) in [7, 11) is 1.96. The van der Waals surface area contributed by atoms with E-state index in [1.54, 1.807) is 4.90 Å². The third kappa shape index (κ3) is 4.13. The van der Waals surface area contributed by atoms with Gasteiger partial charge in [-0.3, -0.25) is 14.9 Å². The molecular formula is C23H22ClN5O3. The number of carbonyl (C=O) groups is 1. The maximum absolute atomic E-state index is 13.2. The van der Waals surface area contributed by atoms with E-state index in [0.717, 1.165) is 29.2 Å². The lowest BCUT2D eigenvalue weighted by molar-refractivity contribution is -0.384. The van der Waals surface area contributed by atoms with Crippen LogP contribution in [0, 0.1) is 10.1 Å². The van der Waals surface area contributed by atoms with Gasteiger partial charge in [0.05, 0.1) is 27.7 Å². The summed E-state index contributed by atoms with van der Waals surface area (Å²) in [6.07, 6.45) is 0.582. The number of hydrogen-bond donors (Lipinski definition) is 0. The smallest absolute Gasteiger partial charge is 0.270 e. The van der Waals surface area contributed by atoms with Crippen LogP contribution in [-0.4, -0.2) is 45.8 Å². The van der Waals surface area contributed by atoms with Crippen molar-refractivity contribution in [2.75, 3.05) is 25.0 Å². The molecule has 0 atom stereocenters. The lowest BCUT2D eigenvalue weighted by Crippen LogP contribution is -2.38. The van der Waals surface area contributed by atoms with Crippen LogP contribution in [0.3, 0.4) is 0 Å². The molecule has 0 saturated heterocycles. The summed E-state index contributed by atoms with van der Waals surface area (Å²) in [6, 6.07) is 13.7. The highest BCUT2D eigenvalue weighted by atomic mass is 35.5. The molecule has 0 aliphatic carbocycles. The highest BCUT2D eigenvalue weighted by Gasteiger charge is 2.28. The Bertz CT molecular complexity index is 1190. The van der Waals surface area contributed by atoms with Gasteiger partial charge in [0.2, 0.25) is 0 Å². The molecule has 1 aromatic heterocycles. The first kappa shape index (κ1) is 21.7. The van der Waals surface area contributed by atoms with Gasteiger partial charge in [0.25, 0.3) is 11.6 Å². The molecule has 1 aliphatic heterocycles. The monoisotopic (exact) mass is 451 g/mol. The average Bonchev–Trinajstić information content (AvgIpc) is 2.82. The first-order valence-corrected chi connectivity index (χ1v) is 10.7. The summed E-state index contributed by atoms with van der Waals surface area (Å²) in [6.45, 7) is 3.61. The third-order valence-electron chi connectivity index (χ3n) is 5.59. The molecule has 4 rings (SSSR count). The summed E-state index contributed by atoms with van der Waals surface area (Å²) < 4.78 is 0. The lowest BCUT2D eigenvalue weighted by atomic mass is 10.0. The molecule has 9 heteroatoms. The van der Waals surface area contributed by atoms with E-state index < -0.39 is 4.92 Å². The Labute approximate surface area is 190 Å². The van der Waals surface area contributed by atoms with Gasteiger partial charge in [-0.05, 0) is 13.0 Å². The molecule has 0 bridgehead atoms. The fourth-order valence-corrected chi connectivity index (χ4v) is 3.97. The summed E-state index contributed by atoms with van der Waals surface area (Å²) in [5.41, 5.74) is 2.87. The van der Waals surface area contributed by atoms with Crippen LogP contribution < -0.4 is 4.90 Å². The van der Waals surface area contributed by atoms with Gasteiger partial charge < -0.3 is 9.80 Å². The molecule has 2 aromatic carbocycles. The normalized spacial score (nSPS) is 12.9. The molecule has 1 aliphatic rings. The van der Waals surface area contributed by atoms with E-state index in [1.807, 2.05) is 49.2 Å². The quantitative estimate of drug-likeness (QED) is 0.422. The van der Waals surface area contributed by atoms with Crippen LogP contribution in [0.4, 0.5) is 11.5 Å². The molecule has 0 fully saturated rings. The van der Waals surface area contributed by atoms with E-state index in [9.17, 15) is 14.9 Å². The van der Waals surface area contributed by atoms with Crippen molar-refractivity contribution in [3.05, 3.63) is 80.5 Å². The van der Waals surface area contributed by atoms with E-state index in [1.165, 1.54) is 18.2 Å². The Hall–Kier alpha value is -3.52. The fraction of sp³-hybridized carbons (Fsp3) is 0.261. The number of halogens is 1. The van der Waals surface area contributed by atoms with Gasteiger partial charge in [-0.25, -0.2) is 9.97 Å². The van der Waals surface area contributed by atoms with Gasteiger partial charge in [-0.2, -0.15) is 0 Å².